The van der Waals surface area contributed by atoms with E-state index in [1.165, 1.54) is 38.6 Å². The summed E-state index contributed by atoms with van der Waals surface area (Å²) < 4.78 is 5.82. The zero-order valence-electron chi connectivity index (χ0n) is 10.2. The van der Waals surface area contributed by atoms with Gasteiger partial charge in [0, 0.05) is 12.6 Å². The molecule has 0 aromatic heterocycles. The molecule has 2 atom stereocenters. The van der Waals surface area contributed by atoms with Crippen LogP contribution in [0.15, 0.2) is 0 Å². The largest absolute Gasteiger partial charge is 0.378 e. The highest BCUT2D eigenvalue weighted by Gasteiger charge is 2.35. The van der Waals surface area contributed by atoms with Crippen molar-refractivity contribution in [3.63, 3.8) is 0 Å². The molecule has 2 nitrogen and oxygen atoms in total. The van der Waals surface area contributed by atoms with Gasteiger partial charge in [0.1, 0.15) is 0 Å². The van der Waals surface area contributed by atoms with E-state index in [-0.39, 0.29) is 0 Å². The summed E-state index contributed by atoms with van der Waals surface area (Å²) in [7, 11) is 0. The first-order chi connectivity index (χ1) is 7.25. The van der Waals surface area contributed by atoms with Crippen molar-refractivity contribution in [3.05, 3.63) is 0 Å². The molecule has 15 heavy (non-hydrogen) atoms. The van der Waals surface area contributed by atoms with Gasteiger partial charge in [-0.1, -0.05) is 13.8 Å². The van der Waals surface area contributed by atoms with Crippen molar-refractivity contribution in [2.75, 3.05) is 13.2 Å². The third-order valence-corrected chi connectivity index (χ3v) is 3.62. The van der Waals surface area contributed by atoms with Crippen LogP contribution < -0.4 is 5.32 Å². The molecule has 1 N–H and O–H groups in total. The summed E-state index contributed by atoms with van der Waals surface area (Å²) in [6.07, 6.45) is 7.15. The van der Waals surface area contributed by atoms with Gasteiger partial charge >= 0.3 is 0 Å². The molecular formula is C13H25NO. The second kappa shape index (κ2) is 5.31. The Balaban J connectivity index is 1.63. The molecule has 2 rings (SSSR count). The lowest BCUT2D eigenvalue weighted by atomic mass is 9.99. The summed E-state index contributed by atoms with van der Waals surface area (Å²) in [6.45, 7) is 6.73. The Morgan fingerprint density at radius 1 is 1.27 bits per heavy atom. The smallest absolute Gasteiger partial charge is 0.0618 e. The van der Waals surface area contributed by atoms with Crippen molar-refractivity contribution < 1.29 is 4.74 Å². The molecule has 0 radical (unpaired) electrons. The van der Waals surface area contributed by atoms with Crippen LogP contribution in [-0.4, -0.2) is 25.3 Å². The molecule has 0 amide bonds. The van der Waals surface area contributed by atoms with Gasteiger partial charge in [-0.3, -0.25) is 0 Å². The normalized spacial score (nSPS) is 32.2. The van der Waals surface area contributed by atoms with Crippen molar-refractivity contribution in [2.45, 2.75) is 58.1 Å². The van der Waals surface area contributed by atoms with Gasteiger partial charge in [0.05, 0.1) is 6.10 Å². The molecule has 2 heteroatoms. The lowest BCUT2D eigenvalue weighted by Gasteiger charge is -2.30. The average molecular weight is 211 g/mol. The molecule has 2 fully saturated rings. The third-order valence-electron chi connectivity index (χ3n) is 3.62. The first-order valence-corrected chi connectivity index (χ1v) is 6.60. The lowest BCUT2D eigenvalue weighted by Crippen LogP contribution is -2.40. The molecule has 0 aromatic carbocycles. The van der Waals surface area contributed by atoms with E-state index in [0.717, 1.165) is 24.5 Å². The number of rotatable bonds is 5. The van der Waals surface area contributed by atoms with Crippen molar-refractivity contribution in [1.82, 2.24) is 5.32 Å². The number of hydrogen-bond acceptors (Lipinski definition) is 2. The highest BCUT2D eigenvalue weighted by atomic mass is 16.5. The van der Waals surface area contributed by atoms with E-state index in [1.54, 1.807) is 0 Å². The van der Waals surface area contributed by atoms with Crippen molar-refractivity contribution in [2.24, 2.45) is 11.8 Å². The fourth-order valence-electron chi connectivity index (χ4n) is 2.39. The Hall–Kier alpha value is -0.0800. The second-order valence-corrected chi connectivity index (χ2v) is 5.60. The number of ether oxygens (including phenoxy) is 1. The van der Waals surface area contributed by atoms with E-state index >= 15 is 0 Å². The van der Waals surface area contributed by atoms with Gasteiger partial charge < -0.3 is 10.1 Å². The minimum absolute atomic E-state index is 0.579. The summed E-state index contributed by atoms with van der Waals surface area (Å²) in [5, 5.41) is 3.69. The molecule has 1 aliphatic carbocycles. The highest BCUT2D eigenvalue weighted by Crippen LogP contribution is 2.38. The van der Waals surface area contributed by atoms with Crippen LogP contribution in [0.2, 0.25) is 0 Å². The van der Waals surface area contributed by atoms with Crippen molar-refractivity contribution in [1.29, 1.82) is 0 Å². The van der Waals surface area contributed by atoms with Crippen LogP contribution >= 0.6 is 0 Å². The molecule has 1 saturated carbocycles. The Bertz CT molecular complexity index is 189. The molecule has 0 unspecified atom stereocenters. The summed E-state index contributed by atoms with van der Waals surface area (Å²) in [4.78, 5) is 0. The van der Waals surface area contributed by atoms with Gasteiger partial charge in [-0.15, -0.1) is 0 Å². The van der Waals surface area contributed by atoms with Crippen LogP contribution in [0.1, 0.15) is 46.0 Å². The van der Waals surface area contributed by atoms with Crippen LogP contribution in [0.3, 0.4) is 0 Å². The first kappa shape index (κ1) is 11.4. The maximum atomic E-state index is 5.82. The fourth-order valence-corrected chi connectivity index (χ4v) is 2.39. The maximum absolute atomic E-state index is 5.82. The third kappa shape index (κ3) is 3.76. The van der Waals surface area contributed by atoms with E-state index in [1.807, 2.05) is 0 Å². The summed E-state index contributed by atoms with van der Waals surface area (Å²) in [6, 6.07) is 0.725. The maximum Gasteiger partial charge on any atom is 0.0618 e. The van der Waals surface area contributed by atoms with E-state index in [9.17, 15) is 0 Å². The van der Waals surface area contributed by atoms with E-state index in [0.29, 0.717) is 6.10 Å². The Morgan fingerprint density at radius 3 is 2.73 bits per heavy atom. The van der Waals surface area contributed by atoms with E-state index < -0.39 is 0 Å². The van der Waals surface area contributed by atoms with Gasteiger partial charge in [-0.25, -0.2) is 0 Å². The molecule has 0 spiro atoms. The average Bonchev–Trinajstić information content (AvgIpc) is 3.01. The first-order valence-electron chi connectivity index (χ1n) is 6.60. The molecule has 1 saturated heterocycles. The van der Waals surface area contributed by atoms with Gasteiger partial charge in [-0.05, 0) is 50.5 Å². The molecular weight excluding hydrogens is 186 g/mol. The standard InChI is InChI=1S/C13H25NO/c1-10(2)5-7-14-12-6-8-15-13(9-12)11-3-4-11/h10-14H,3-9H2,1-2H3/t12-,13-/m0/s1. The summed E-state index contributed by atoms with van der Waals surface area (Å²) in [5.74, 6) is 1.72. The number of nitrogens with one attached hydrogen (secondary N) is 1. The molecule has 1 heterocycles. The highest BCUT2D eigenvalue weighted by molar-refractivity contribution is 4.88. The molecule has 1 aliphatic heterocycles. The number of hydrogen-bond donors (Lipinski definition) is 1. The molecule has 0 bridgehead atoms. The summed E-state index contributed by atoms with van der Waals surface area (Å²) >= 11 is 0. The van der Waals surface area contributed by atoms with Crippen LogP contribution in [0, 0.1) is 11.8 Å². The van der Waals surface area contributed by atoms with E-state index in [4.69, 9.17) is 4.74 Å². The Morgan fingerprint density at radius 2 is 2.07 bits per heavy atom. The predicted molar refractivity (Wildman–Crippen MR) is 62.9 cm³/mol. The zero-order valence-corrected chi connectivity index (χ0v) is 10.2. The second-order valence-electron chi connectivity index (χ2n) is 5.60. The van der Waals surface area contributed by atoms with Crippen LogP contribution in [-0.2, 0) is 4.74 Å². The minimum atomic E-state index is 0.579. The zero-order chi connectivity index (χ0) is 10.7. The van der Waals surface area contributed by atoms with Crippen molar-refractivity contribution >= 4 is 0 Å². The van der Waals surface area contributed by atoms with Gasteiger partial charge in [0.2, 0.25) is 0 Å². The molecule has 88 valence electrons. The topological polar surface area (TPSA) is 21.3 Å². The van der Waals surface area contributed by atoms with Crippen LogP contribution in [0.5, 0.6) is 0 Å². The quantitative estimate of drug-likeness (QED) is 0.754. The molecule has 0 aromatic rings. The lowest BCUT2D eigenvalue weighted by molar-refractivity contribution is -0.0111. The Labute approximate surface area is 93.8 Å². The minimum Gasteiger partial charge on any atom is -0.378 e. The van der Waals surface area contributed by atoms with Gasteiger partial charge in [0.25, 0.3) is 0 Å². The van der Waals surface area contributed by atoms with Crippen LogP contribution in [0.25, 0.3) is 0 Å². The van der Waals surface area contributed by atoms with Crippen LogP contribution in [0.4, 0.5) is 0 Å². The Kier molecular flexibility index (Phi) is 4.04. The molecule has 2 aliphatic rings. The summed E-state index contributed by atoms with van der Waals surface area (Å²) in [5.41, 5.74) is 0. The van der Waals surface area contributed by atoms with Crippen molar-refractivity contribution in [3.8, 4) is 0 Å². The van der Waals surface area contributed by atoms with Gasteiger partial charge in [0.15, 0.2) is 0 Å². The fraction of sp³-hybridized carbons (Fsp3) is 1.00. The monoisotopic (exact) mass is 211 g/mol. The van der Waals surface area contributed by atoms with Gasteiger partial charge in [-0.2, -0.15) is 0 Å². The predicted octanol–water partition coefficient (Wildman–Crippen LogP) is 2.58. The SMILES string of the molecule is CC(C)CCN[C@H]1CCO[C@H](C2CC2)C1. The van der Waals surface area contributed by atoms with E-state index in [2.05, 4.69) is 19.2 Å².